The molecule has 1 aliphatic heterocycles. The first-order chi connectivity index (χ1) is 14.1. The van der Waals surface area contributed by atoms with Crippen molar-refractivity contribution in [2.45, 2.75) is 50.8 Å². The van der Waals surface area contributed by atoms with Crippen molar-refractivity contribution in [3.8, 4) is 0 Å². The summed E-state index contributed by atoms with van der Waals surface area (Å²) in [6, 6.07) is 19.3. The second kappa shape index (κ2) is 11.0. The summed E-state index contributed by atoms with van der Waals surface area (Å²) in [5, 5.41) is 10.6. The second-order valence-corrected chi connectivity index (χ2v) is 7.70. The molecule has 5 atom stereocenters. The standard InChI is InChI=1S/C22H25IO6/c1-15(24)28-19-18(12-23)29-22(25)21(27-14-17-10-6-3-7-11-17)20(19)26-13-16-8-4-2-5-9-16/h2-11,18-22,25H,12-14H2,1H3/t18-,19+,20+,21-,22+/m1/s1. The molecule has 0 spiro atoms. The van der Waals surface area contributed by atoms with Crippen molar-refractivity contribution in [2.75, 3.05) is 4.43 Å². The van der Waals surface area contributed by atoms with Gasteiger partial charge in [0.15, 0.2) is 12.4 Å². The van der Waals surface area contributed by atoms with Crippen LogP contribution in [0.5, 0.6) is 0 Å². The Bertz CT molecular complexity index is 756. The highest BCUT2D eigenvalue weighted by Gasteiger charge is 2.48. The smallest absolute Gasteiger partial charge is 0.303 e. The minimum absolute atomic E-state index is 0.277. The largest absolute Gasteiger partial charge is 0.457 e. The Morgan fingerprint density at radius 1 is 0.931 bits per heavy atom. The Hall–Kier alpha value is -1.52. The van der Waals surface area contributed by atoms with Gasteiger partial charge < -0.3 is 24.1 Å². The van der Waals surface area contributed by atoms with E-state index in [2.05, 4.69) is 22.6 Å². The summed E-state index contributed by atoms with van der Waals surface area (Å²) in [7, 11) is 0. The molecule has 1 fully saturated rings. The van der Waals surface area contributed by atoms with Gasteiger partial charge in [-0.05, 0) is 11.1 Å². The first kappa shape index (κ1) is 22.2. The predicted octanol–water partition coefficient (Wildman–Crippen LogP) is 3.24. The number of hydrogen-bond donors (Lipinski definition) is 1. The molecule has 0 amide bonds. The molecule has 0 radical (unpaired) electrons. The van der Waals surface area contributed by atoms with Crippen molar-refractivity contribution in [1.82, 2.24) is 0 Å². The molecule has 0 aliphatic carbocycles. The lowest BCUT2D eigenvalue weighted by Gasteiger charge is -2.43. The highest BCUT2D eigenvalue weighted by Crippen LogP contribution is 2.29. The molecule has 1 aliphatic rings. The molecule has 2 aromatic carbocycles. The zero-order valence-corrected chi connectivity index (χ0v) is 18.3. The molecule has 1 heterocycles. The number of alkyl halides is 1. The minimum atomic E-state index is -1.19. The summed E-state index contributed by atoms with van der Waals surface area (Å²) >= 11 is 2.14. The third-order valence-electron chi connectivity index (χ3n) is 4.63. The predicted molar refractivity (Wildman–Crippen MR) is 115 cm³/mol. The van der Waals surface area contributed by atoms with Gasteiger partial charge in [-0.1, -0.05) is 83.3 Å². The Morgan fingerprint density at radius 3 is 1.93 bits per heavy atom. The number of aliphatic hydroxyl groups is 1. The number of esters is 1. The van der Waals surface area contributed by atoms with Gasteiger partial charge in [0.25, 0.3) is 0 Å². The highest BCUT2D eigenvalue weighted by molar-refractivity contribution is 14.1. The maximum atomic E-state index is 11.7. The molecule has 3 rings (SSSR count). The molecule has 156 valence electrons. The van der Waals surface area contributed by atoms with E-state index < -0.39 is 36.7 Å². The van der Waals surface area contributed by atoms with Crippen LogP contribution >= 0.6 is 22.6 Å². The third kappa shape index (κ3) is 6.23. The fourth-order valence-electron chi connectivity index (χ4n) is 3.25. The summed E-state index contributed by atoms with van der Waals surface area (Å²) in [4.78, 5) is 11.7. The van der Waals surface area contributed by atoms with E-state index in [1.807, 2.05) is 60.7 Å². The summed E-state index contributed by atoms with van der Waals surface area (Å²) in [6.07, 6.45) is -3.84. The van der Waals surface area contributed by atoms with Gasteiger partial charge in [0.2, 0.25) is 0 Å². The molecule has 0 unspecified atom stereocenters. The molecule has 0 aromatic heterocycles. The van der Waals surface area contributed by atoms with E-state index >= 15 is 0 Å². The van der Waals surface area contributed by atoms with Crippen LogP contribution in [0.15, 0.2) is 60.7 Å². The number of hydrogen-bond acceptors (Lipinski definition) is 6. The van der Waals surface area contributed by atoms with E-state index in [0.717, 1.165) is 11.1 Å². The van der Waals surface area contributed by atoms with Crippen LogP contribution in [0.1, 0.15) is 18.1 Å². The molecule has 29 heavy (non-hydrogen) atoms. The lowest BCUT2D eigenvalue weighted by molar-refractivity contribution is -0.300. The number of rotatable bonds is 8. The Morgan fingerprint density at radius 2 is 1.45 bits per heavy atom. The Balaban J connectivity index is 1.79. The molecular formula is C22H25IO6. The fourth-order valence-corrected chi connectivity index (χ4v) is 3.96. The number of aliphatic hydroxyl groups excluding tert-OH is 1. The van der Waals surface area contributed by atoms with Gasteiger partial charge in [-0.2, -0.15) is 0 Å². The topological polar surface area (TPSA) is 74.2 Å². The molecule has 1 N–H and O–H groups in total. The maximum absolute atomic E-state index is 11.7. The number of ether oxygens (including phenoxy) is 4. The molecule has 6 nitrogen and oxygen atoms in total. The summed E-state index contributed by atoms with van der Waals surface area (Å²) in [6.45, 7) is 1.93. The van der Waals surface area contributed by atoms with E-state index in [0.29, 0.717) is 11.0 Å². The van der Waals surface area contributed by atoms with Crippen LogP contribution in [0, 0.1) is 0 Å². The first-order valence-electron chi connectivity index (χ1n) is 9.46. The Labute approximate surface area is 184 Å². The van der Waals surface area contributed by atoms with Crippen LogP contribution in [-0.4, -0.2) is 46.2 Å². The molecule has 2 aromatic rings. The highest BCUT2D eigenvalue weighted by atomic mass is 127. The molecule has 0 saturated carbocycles. The van der Waals surface area contributed by atoms with Crippen molar-refractivity contribution in [2.24, 2.45) is 0 Å². The molecule has 0 bridgehead atoms. The number of carbonyl (C=O) groups is 1. The number of benzene rings is 2. The fraction of sp³-hybridized carbons (Fsp3) is 0.409. The van der Waals surface area contributed by atoms with Gasteiger partial charge in [-0.25, -0.2) is 0 Å². The van der Waals surface area contributed by atoms with Crippen molar-refractivity contribution in [3.63, 3.8) is 0 Å². The summed E-state index contributed by atoms with van der Waals surface area (Å²) in [5.41, 5.74) is 1.93. The normalized spacial score (nSPS) is 26.8. The average molecular weight is 512 g/mol. The van der Waals surface area contributed by atoms with Crippen LogP contribution in [-0.2, 0) is 37.0 Å². The van der Waals surface area contributed by atoms with E-state index in [9.17, 15) is 9.90 Å². The molecular weight excluding hydrogens is 487 g/mol. The third-order valence-corrected chi connectivity index (χ3v) is 5.50. The average Bonchev–Trinajstić information content (AvgIpc) is 2.73. The number of halogens is 1. The van der Waals surface area contributed by atoms with Crippen LogP contribution < -0.4 is 0 Å². The van der Waals surface area contributed by atoms with Crippen LogP contribution in [0.2, 0.25) is 0 Å². The van der Waals surface area contributed by atoms with Crippen molar-refractivity contribution >= 4 is 28.6 Å². The zero-order valence-electron chi connectivity index (χ0n) is 16.1. The summed E-state index contributed by atoms with van der Waals surface area (Å²) < 4.78 is 23.9. The molecule has 7 heteroatoms. The van der Waals surface area contributed by atoms with E-state index in [1.54, 1.807) is 0 Å². The first-order valence-corrected chi connectivity index (χ1v) is 11.0. The lowest BCUT2D eigenvalue weighted by Crippen LogP contribution is -2.61. The van der Waals surface area contributed by atoms with Gasteiger partial charge in [0.05, 0.1) is 13.2 Å². The van der Waals surface area contributed by atoms with E-state index in [4.69, 9.17) is 18.9 Å². The van der Waals surface area contributed by atoms with Crippen LogP contribution in [0.4, 0.5) is 0 Å². The van der Waals surface area contributed by atoms with Crippen molar-refractivity contribution < 1.29 is 28.8 Å². The SMILES string of the molecule is CC(=O)O[C@@H]1[C@H](OCc2ccccc2)[C@@H](OCc2ccccc2)[C@@H](O)O[C@@H]1CI. The quantitative estimate of drug-likeness (QED) is 0.333. The number of carbonyl (C=O) groups excluding carboxylic acids is 1. The molecule has 1 saturated heterocycles. The monoisotopic (exact) mass is 512 g/mol. The van der Waals surface area contributed by atoms with Crippen LogP contribution in [0.25, 0.3) is 0 Å². The minimum Gasteiger partial charge on any atom is -0.457 e. The maximum Gasteiger partial charge on any atom is 0.303 e. The van der Waals surface area contributed by atoms with Crippen molar-refractivity contribution in [3.05, 3.63) is 71.8 Å². The van der Waals surface area contributed by atoms with E-state index in [-0.39, 0.29) is 6.61 Å². The van der Waals surface area contributed by atoms with Crippen LogP contribution in [0.3, 0.4) is 0 Å². The van der Waals surface area contributed by atoms with Gasteiger partial charge in [-0.3, -0.25) is 4.79 Å². The van der Waals surface area contributed by atoms with Gasteiger partial charge >= 0.3 is 5.97 Å². The lowest BCUT2D eigenvalue weighted by atomic mass is 9.98. The van der Waals surface area contributed by atoms with Gasteiger partial charge in [-0.15, -0.1) is 0 Å². The zero-order chi connectivity index (χ0) is 20.6. The van der Waals surface area contributed by atoms with E-state index in [1.165, 1.54) is 6.92 Å². The van der Waals surface area contributed by atoms with Gasteiger partial charge in [0, 0.05) is 11.4 Å². The Kier molecular flexibility index (Phi) is 8.43. The van der Waals surface area contributed by atoms with Crippen molar-refractivity contribution in [1.29, 1.82) is 0 Å². The summed E-state index contributed by atoms with van der Waals surface area (Å²) in [5.74, 6) is -0.431. The van der Waals surface area contributed by atoms with Gasteiger partial charge in [0.1, 0.15) is 18.3 Å². The second-order valence-electron chi connectivity index (χ2n) is 6.82.